The fourth-order valence-corrected chi connectivity index (χ4v) is 0. The van der Waals surface area contributed by atoms with Gasteiger partial charge in [0.2, 0.25) is 0 Å². The van der Waals surface area contributed by atoms with Crippen LogP contribution < -0.4 is 5.11 Å². The van der Waals surface area contributed by atoms with Gasteiger partial charge in [-0.1, -0.05) is 6.92 Å². The number of hydrogen-bond acceptors (Lipinski definition) is 2. The molecule has 0 radical (unpaired) electrons. The zero-order valence-corrected chi connectivity index (χ0v) is 5.52. The van der Waals surface area contributed by atoms with Crippen LogP contribution in [0, 0.1) is 0 Å². The number of carbonyl (C=O) groups excluding carboxylic acids is 1. The predicted molar refractivity (Wildman–Crippen MR) is 31.2 cm³/mol. The van der Waals surface area contributed by atoms with Crippen molar-refractivity contribution in [3.05, 3.63) is 12.3 Å². The Kier molecular flexibility index (Phi) is 7.95. The Morgan fingerprint density at radius 2 is 1.38 bits per heavy atom. The third-order valence-electron chi connectivity index (χ3n) is 0. The van der Waals surface area contributed by atoms with Gasteiger partial charge in [0.1, 0.15) is 5.78 Å². The molecule has 0 N–H and O–H groups in total. The van der Waals surface area contributed by atoms with E-state index in [2.05, 4.69) is 6.58 Å². The average Bonchev–Trinajstić information content (AvgIpc) is 1.25. The molecular formula is C6H11O2-. The summed E-state index contributed by atoms with van der Waals surface area (Å²) in [6, 6.07) is 0. The van der Waals surface area contributed by atoms with E-state index >= 15 is 0 Å². The van der Waals surface area contributed by atoms with Crippen LogP contribution in [0.2, 0.25) is 0 Å². The topological polar surface area (TPSA) is 40.1 Å². The monoisotopic (exact) mass is 115 g/mol. The van der Waals surface area contributed by atoms with E-state index in [1.165, 1.54) is 20.8 Å². The molecule has 0 fully saturated rings. The molecule has 2 heteroatoms. The highest BCUT2D eigenvalue weighted by atomic mass is 16.3. The quantitative estimate of drug-likeness (QED) is 0.431. The number of hydrogen-bond donors (Lipinski definition) is 0. The first-order valence-electron chi connectivity index (χ1n) is 2.26. The van der Waals surface area contributed by atoms with Crippen LogP contribution in [0.1, 0.15) is 20.8 Å². The first-order valence-corrected chi connectivity index (χ1v) is 2.26. The molecule has 0 aromatic rings. The second-order valence-electron chi connectivity index (χ2n) is 1.61. The number of ketones is 1. The summed E-state index contributed by atoms with van der Waals surface area (Å²) in [6.45, 7) is 7.47. The van der Waals surface area contributed by atoms with Crippen molar-refractivity contribution in [2.75, 3.05) is 0 Å². The van der Waals surface area contributed by atoms with E-state index < -0.39 is 0 Å². The zero-order chi connectivity index (χ0) is 7.15. The van der Waals surface area contributed by atoms with Gasteiger partial charge in [-0.2, -0.15) is 0 Å². The molecule has 0 aromatic carbocycles. The van der Waals surface area contributed by atoms with Crippen LogP contribution in [0.4, 0.5) is 0 Å². The molecule has 0 saturated heterocycles. The van der Waals surface area contributed by atoms with Gasteiger partial charge in [0.15, 0.2) is 0 Å². The van der Waals surface area contributed by atoms with E-state index in [0.717, 1.165) is 0 Å². The normalized spacial score (nSPS) is 6.38. The van der Waals surface area contributed by atoms with Crippen LogP contribution in [-0.2, 0) is 4.79 Å². The van der Waals surface area contributed by atoms with Gasteiger partial charge in [0, 0.05) is 0 Å². The Morgan fingerprint density at radius 3 is 1.38 bits per heavy atom. The van der Waals surface area contributed by atoms with Gasteiger partial charge < -0.3 is 9.90 Å². The highest BCUT2D eigenvalue weighted by Gasteiger charge is 1.62. The molecular weight excluding hydrogens is 104 g/mol. The molecule has 0 rings (SSSR count). The number of allylic oxidation sites excluding steroid dienone is 1. The van der Waals surface area contributed by atoms with E-state index in [1.54, 1.807) is 0 Å². The van der Waals surface area contributed by atoms with Crippen molar-refractivity contribution in [3.8, 4) is 0 Å². The molecule has 0 aliphatic heterocycles. The Hall–Kier alpha value is -0.790. The van der Waals surface area contributed by atoms with Gasteiger partial charge in [-0.15, -0.1) is 12.3 Å². The van der Waals surface area contributed by atoms with Crippen molar-refractivity contribution in [2.24, 2.45) is 0 Å². The zero-order valence-electron chi connectivity index (χ0n) is 5.52. The molecule has 2 nitrogen and oxygen atoms in total. The summed E-state index contributed by atoms with van der Waals surface area (Å²) in [7, 11) is 0. The van der Waals surface area contributed by atoms with Crippen molar-refractivity contribution in [1.82, 2.24) is 0 Å². The predicted octanol–water partition coefficient (Wildman–Crippen LogP) is 0.476. The van der Waals surface area contributed by atoms with E-state index in [1.807, 2.05) is 0 Å². The van der Waals surface area contributed by atoms with Gasteiger partial charge >= 0.3 is 0 Å². The van der Waals surface area contributed by atoms with Crippen LogP contribution in [-0.4, -0.2) is 5.78 Å². The first kappa shape index (κ1) is 10.2. The summed E-state index contributed by atoms with van der Waals surface area (Å²) in [5, 5.41) is 9.33. The van der Waals surface area contributed by atoms with Crippen molar-refractivity contribution in [2.45, 2.75) is 20.8 Å². The third kappa shape index (κ3) is 148. The molecule has 0 bridgehead atoms. The van der Waals surface area contributed by atoms with Crippen LogP contribution in [0.5, 0.6) is 0 Å². The maximum absolute atomic E-state index is 9.44. The van der Waals surface area contributed by atoms with Gasteiger partial charge in [0.25, 0.3) is 0 Å². The van der Waals surface area contributed by atoms with E-state index in [0.29, 0.717) is 0 Å². The Morgan fingerprint density at radius 1 is 1.38 bits per heavy atom. The van der Waals surface area contributed by atoms with Crippen molar-refractivity contribution >= 4 is 5.78 Å². The van der Waals surface area contributed by atoms with Crippen LogP contribution >= 0.6 is 0 Å². The van der Waals surface area contributed by atoms with Crippen molar-refractivity contribution in [1.29, 1.82) is 0 Å². The Balaban J connectivity index is 0. The minimum absolute atomic E-state index is 0.0833. The molecule has 0 aliphatic carbocycles. The van der Waals surface area contributed by atoms with Gasteiger partial charge in [0.05, 0.1) is 0 Å². The van der Waals surface area contributed by atoms with E-state index in [4.69, 9.17) is 0 Å². The lowest BCUT2D eigenvalue weighted by atomic mass is 10.6. The minimum atomic E-state index is -0.0833. The molecule has 0 amide bonds. The number of carbonyl (C=O) groups is 1. The molecule has 0 spiro atoms. The summed E-state index contributed by atoms with van der Waals surface area (Å²) < 4.78 is 0. The third-order valence-corrected chi connectivity index (χ3v) is 0. The van der Waals surface area contributed by atoms with Crippen molar-refractivity contribution in [3.63, 3.8) is 0 Å². The second-order valence-corrected chi connectivity index (χ2v) is 1.61. The fourth-order valence-electron chi connectivity index (χ4n) is 0. The lowest BCUT2D eigenvalue weighted by Gasteiger charge is -1.92. The SMILES string of the molecule is C=C(C)[O-].CC(C)=O. The molecule has 0 unspecified atom stereocenters. The largest absolute Gasteiger partial charge is 0.876 e. The smallest absolute Gasteiger partial charge is 0.126 e. The van der Waals surface area contributed by atoms with Crippen molar-refractivity contribution < 1.29 is 9.90 Å². The van der Waals surface area contributed by atoms with Gasteiger partial charge in [-0.25, -0.2) is 0 Å². The summed E-state index contributed by atoms with van der Waals surface area (Å²) in [5.74, 6) is 0.0833. The molecule has 0 heterocycles. The summed E-state index contributed by atoms with van der Waals surface area (Å²) in [4.78, 5) is 9.44. The fraction of sp³-hybridized carbons (Fsp3) is 0.500. The van der Waals surface area contributed by atoms with Crippen LogP contribution in [0.15, 0.2) is 12.3 Å². The Bertz CT molecular complexity index is 64.5. The lowest BCUT2D eigenvalue weighted by Crippen LogP contribution is -1.92. The standard InChI is InChI=1S/2C3H6O/c2*1-3(2)4/h1-2H3;4H,1H2,2H3/p-1. The van der Waals surface area contributed by atoms with Gasteiger partial charge in [-0.3, -0.25) is 0 Å². The van der Waals surface area contributed by atoms with E-state index in [-0.39, 0.29) is 11.5 Å². The highest BCUT2D eigenvalue weighted by Crippen LogP contribution is 1.57. The summed E-state index contributed by atoms with van der Waals surface area (Å²) >= 11 is 0. The van der Waals surface area contributed by atoms with Gasteiger partial charge in [-0.05, 0) is 13.8 Å². The summed E-state index contributed by atoms with van der Waals surface area (Å²) in [5.41, 5.74) is 0. The molecule has 0 aromatic heterocycles. The first-order chi connectivity index (χ1) is 3.46. The molecule has 0 saturated carbocycles. The maximum Gasteiger partial charge on any atom is 0.126 e. The Labute approximate surface area is 49.8 Å². The maximum atomic E-state index is 9.44. The summed E-state index contributed by atoms with van der Waals surface area (Å²) in [6.07, 6.45) is 0. The second kappa shape index (κ2) is 6.21. The number of rotatable bonds is 0. The lowest BCUT2D eigenvalue weighted by molar-refractivity contribution is -0.300. The highest BCUT2D eigenvalue weighted by molar-refractivity contribution is 5.72. The number of Topliss-reactive ketones (excluding diaryl/α,β-unsaturated/α-hetero) is 1. The van der Waals surface area contributed by atoms with E-state index in [9.17, 15) is 9.90 Å². The minimum Gasteiger partial charge on any atom is -0.876 e. The average molecular weight is 115 g/mol. The molecule has 0 aliphatic rings. The van der Waals surface area contributed by atoms with Crippen LogP contribution in [0.3, 0.4) is 0 Å². The molecule has 8 heavy (non-hydrogen) atoms. The van der Waals surface area contributed by atoms with Crippen LogP contribution in [0.25, 0.3) is 0 Å². The molecule has 0 atom stereocenters. The molecule has 48 valence electrons.